The molecule has 8 heteroatoms. The predicted molar refractivity (Wildman–Crippen MR) is 97.6 cm³/mol. The van der Waals surface area contributed by atoms with E-state index in [0.29, 0.717) is 28.1 Å². The lowest BCUT2D eigenvalue weighted by Gasteiger charge is -2.04. The summed E-state index contributed by atoms with van der Waals surface area (Å²) in [5.41, 5.74) is 3.00. The summed E-state index contributed by atoms with van der Waals surface area (Å²) in [6.07, 6.45) is 1.57. The molecule has 1 N–H and O–H groups in total. The highest BCUT2D eigenvalue weighted by molar-refractivity contribution is 5.96. The summed E-state index contributed by atoms with van der Waals surface area (Å²) in [4.78, 5) is 32.2. The van der Waals surface area contributed by atoms with E-state index < -0.39 is 0 Å². The molecule has 136 valence electrons. The van der Waals surface area contributed by atoms with Gasteiger partial charge >= 0.3 is 5.97 Å². The monoisotopic (exact) mass is 363 g/mol. The minimum absolute atomic E-state index is 0.102. The van der Waals surface area contributed by atoms with Crippen molar-refractivity contribution in [1.82, 2.24) is 19.9 Å². The molecule has 0 saturated carbocycles. The Bertz CT molecular complexity index is 1050. The molecule has 27 heavy (non-hydrogen) atoms. The molecule has 1 amide bonds. The first-order valence-electron chi connectivity index (χ1n) is 8.21. The van der Waals surface area contributed by atoms with Crippen LogP contribution in [-0.2, 0) is 16.6 Å². The van der Waals surface area contributed by atoms with Gasteiger partial charge in [0.1, 0.15) is 11.3 Å². The number of hydrogen-bond donors (Lipinski definition) is 1. The van der Waals surface area contributed by atoms with E-state index in [1.165, 1.54) is 13.3 Å². The number of rotatable bonds is 5. The fourth-order valence-corrected chi connectivity index (χ4v) is 2.63. The van der Waals surface area contributed by atoms with E-state index in [4.69, 9.17) is 5.26 Å². The molecule has 2 heterocycles. The summed E-state index contributed by atoms with van der Waals surface area (Å²) in [5.74, 6) is -0.0372. The van der Waals surface area contributed by atoms with E-state index in [-0.39, 0.29) is 24.8 Å². The zero-order valence-electron chi connectivity index (χ0n) is 14.9. The van der Waals surface area contributed by atoms with E-state index in [1.807, 2.05) is 23.7 Å². The van der Waals surface area contributed by atoms with Gasteiger partial charge in [-0.25, -0.2) is 9.97 Å². The van der Waals surface area contributed by atoms with Crippen molar-refractivity contribution in [2.45, 2.75) is 6.42 Å². The van der Waals surface area contributed by atoms with Crippen LogP contribution in [0.5, 0.6) is 0 Å². The number of nitriles is 1. The van der Waals surface area contributed by atoms with Gasteiger partial charge in [0.05, 0.1) is 30.7 Å². The van der Waals surface area contributed by atoms with Gasteiger partial charge in [-0.05, 0) is 30.3 Å². The van der Waals surface area contributed by atoms with E-state index in [9.17, 15) is 9.59 Å². The van der Waals surface area contributed by atoms with Crippen LogP contribution >= 0.6 is 0 Å². The number of aromatic nitrogens is 3. The first-order chi connectivity index (χ1) is 13.0. The normalized spacial score (nSPS) is 10.4. The third-order valence-corrected chi connectivity index (χ3v) is 4.09. The zero-order valence-corrected chi connectivity index (χ0v) is 14.9. The third-order valence-electron chi connectivity index (χ3n) is 4.09. The number of carbonyl (C=O) groups is 2. The van der Waals surface area contributed by atoms with Crippen molar-refractivity contribution in [1.29, 1.82) is 5.26 Å². The van der Waals surface area contributed by atoms with E-state index in [1.54, 1.807) is 18.2 Å². The van der Waals surface area contributed by atoms with Gasteiger partial charge in [0.25, 0.3) is 5.91 Å². The number of aryl methyl sites for hydroxylation is 1. The van der Waals surface area contributed by atoms with Crippen molar-refractivity contribution in [3.8, 4) is 17.5 Å². The lowest BCUT2D eigenvalue weighted by atomic mass is 10.1. The second kappa shape index (κ2) is 7.66. The molecular weight excluding hydrogens is 346 g/mol. The summed E-state index contributed by atoms with van der Waals surface area (Å²) >= 11 is 0. The van der Waals surface area contributed by atoms with Gasteiger partial charge < -0.3 is 14.6 Å². The van der Waals surface area contributed by atoms with Crippen molar-refractivity contribution in [2.24, 2.45) is 7.05 Å². The Morgan fingerprint density at radius 1 is 1.30 bits per heavy atom. The molecule has 0 spiro atoms. The van der Waals surface area contributed by atoms with Gasteiger partial charge in [0.15, 0.2) is 5.65 Å². The van der Waals surface area contributed by atoms with Crippen molar-refractivity contribution in [3.63, 3.8) is 0 Å². The largest absolute Gasteiger partial charge is 0.469 e. The molecule has 1 aromatic carbocycles. The number of nitrogens with one attached hydrogen (secondary N) is 1. The minimum Gasteiger partial charge on any atom is -0.469 e. The molecule has 0 fully saturated rings. The topological polar surface area (TPSA) is 110 Å². The lowest BCUT2D eigenvalue weighted by molar-refractivity contribution is -0.140. The van der Waals surface area contributed by atoms with Gasteiger partial charge in [-0.2, -0.15) is 5.26 Å². The highest BCUT2D eigenvalue weighted by Crippen LogP contribution is 2.23. The molecule has 0 saturated heterocycles. The molecule has 0 aliphatic heterocycles. The van der Waals surface area contributed by atoms with Crippen molar-refractivity contribution in [3.05, 3.63) is 47.7 Å². The van der Waals surface area contributed by atoms with Gasteiger partial charge in [-0.3, -0.25) is 9.59 Å². The summed E-state index contributed by atoms with van der Waals surface area (Å²) in [6, 6.07) is 10.8. The molecule has 0 aliphatic carbocycles. The summed E-state index contributed by atoms with van der Waals surface area (Å²) in [5, 5.41) is 11.6. The number of methoxy groups -OCH3 is 1. The van der Waals surface area contributed by atoms with E-state index in [2.05, 4.69) is 26.1 Å². The third kappa shape index (κ3) is 3.77. The summed E-state index contributed by atoms with van der Waals surface area (Å²) in [7, 11) is 3.14. The predicted octanol–water partition coefficient (Wildman–Crippen LogP) is 1.80. The second-order valence-electron chi connectivity index (χ2n) is 5.83. The fourth-order valence-electron chi connectivity index (χ4n) is 2.63. The number of esters is 1. The number of carbonyl (C=O) groups excluding carboxylic acids is 2. The molecule has 0 aliphatic rings. The molecule has 0 bridgehead atoms. The first kappa shape index (κ1) is 18.1. The minimum atomic E-state index is -0.388. The molecule has 0 unspecified atom stereocenters. The molecule has 0 radical (unpaired) electrons. The zero-order chi connectivity index (χ0) is 19.4. The quantitative estimate of drug-likeness (QED) is 0.692. The van der Waals surface area contributed by atoms with Crippen molar-refractivity contribution < 1.29 is 14.3 Å². The molecule has 2 aromatic heterocycles. The number of fused-ring (bicyclic) bond motifs is 1. The Balaban J connectivity index is 1.84. The van der Waals surface area contributed by atoms with Crippen LogP contribution in [0.25, 0.3) is 22.6 Å². The highest BCUT2D eigenvalue weighted by atomic mass is 16.5. The maximum Gasteiger partial charge on any atom is 0.307 e. The van der Waals surface area contributed by atoms with Crippen molar-refractivity contribution in [2.75, 3.05) is 13.7 Å². The maximum atomic E-state index is 12.2. The SMILES string of the molecule is COC(=O)CCNC(=O)c1cnc2c(c1)nc(-c1ccc(C#N)cc1)n2C. The Hall–Kier alpha value is -3.73. The number of ether oxygens (including phenoxy) is 1. The first-order valence-corrected chi connectivity index (χ1v) is 8.21. The van der Waals surface area contributed by atoms with Gasteiger partial charge in [-0.15, -0.1) is 0 Å². The summed E-state index contributed by atoms with van der Waals surface area (Å²) in [6.45, 7) is 0.183. The van der Waals surface area contributed by atoms with Crippen molar-refractivity contribution >= 4 is 23.0 Å². The second-order valence-corrected chi connectivity index (χ2v) is 5.83. The van der Waals surface area contributed by atoms with Crippen LogP contribution in [0, 0.1) is 11.3 Å². The Kier molecular flexibility index (Phi) is 5.13. The van der Waals surface area contributed by atoms with Crippen LogP contribution in [0.3, 0.4) is 0 Å². The Morgan fingerprint density at radius 3 is 2.70 bits per heavy atom. The van der Waals surface area contributed by atoms with E-state index in [0.717, 1.165) is 5.56 Å². The number of pyridine rings is 1. The van der Waals surface area contributed by atoms with Crippen LogP contribution in [0.2, 0.25) is 0 Å². The molecule has 3 rings (SSSR count). The number of hydrogen-bond acceptors (Lipinski definition) is 6. The number of imidazole rings is 1. The van der Waals surface area contributed by atoms with Crippen LogP contribution in [0.15, 0.2) is 36.5 Å². The van der Waals surface area contributed by atoms with Gasteiger partial charge in [0.2, 0.25) is 0 Å². The molecular formula is C19H17N5O3. The van der Waals surface area contributed by atoms with Crippen LogP contribution < -0.4 is 5.32 Å². The lowest BCUT2D eigenvalue weighted by Crippen LogP contribution is -2.26. The Labute approximate surface area is 155 Å². The average Bonchev–Trinajstić information content (AvgIpc) is 3.03. The highest BCUT2D eigenvalue weighted by Gasteiger charge is 2.14. The number of benzene rings is 1. The number of nitrogens with zero attached hydrogens (tertiary/aromatic N) is 4. The summed E-state index contributed by atoms with van der Waals surface area (Å²) < 4.78 is 6.36. The van der Waals surface area contributed by atoms with Crippen LogP contribution in [-0.4, -0.2) is 40.1 Å². The smallest absolute Gasteiger partial charge is 0.307 e. The van der Waals surface area contributed by atoms with E-state index >= 15 is 0 Å². The standard InChI is InChI=1S/C19H17N5O3/c1-24-17(13-5-3-12(10-20)4-6-13)23-15-9-14(11-22-18(15)24)19(26)21-8-7-16(25)27-2/h3-6,9,11H,7-8H2,1-2H3,(H,21,26). The van der Waals surface area contributed by atoms with Gasteiger partial charge in [0, 0.05) is 25.4 Å². The van der Waals surface area contributed by atoms with Crippen LogP contribution in [0.1, 0.15) is 22.3 Å². The Morgan fingerprint density at radius 2 is 2.04 bits per heavy atom. The van der Waals surface area contributed by atoms with Crippen LogP contribution in [0.4, 0.5) is 0 Å². The molecule has 3 aromatic rings. The number of amides is 1. The maximum absolute atomic E-state index is 12.2. The van der Waals surface area contributed by atoms with Gasteiger partial charge in [-0.1, -0.05) is 0 Å². The average molecular weight is 363 g/mol. The molecule has 8 nitrogen and oxygen atoms in total. The molecule has 0 atom stereocenters. The fraction of sp³-hybridized carbons (Fsp3) is 0.211.